The summed E-state index contributed by atoms with van der Waals surface area (Å²) in [7, 11) is 0. The van der Waals surface area contributed by atoms with Gasteiger partial charge in [-0.05, 0) is 31.0 Å². The molecule has 1 rings (SSSR count). The van der Waals surface area contributed by atoms with Crippen LogP contribution in [0.15, 0.2) is 12.1 Å². The van der Waals surface area contributed by atoms with Gasteiger partial charge in [0.15, 0.2) is 0 Å². The molecule has 3 N–H and O–H groups in total. The predicted octanol–water partition coefficient (Wildman–Crippen LogP) is 2.45. The molecule has 64 valence electrons. The van der Waals surface area contributed by atoms with E-state index >= 15 is 0 Å². The van der Waals surface area contributed by atoms with Gasteiger partial charge < -0.3 is 5.73 Å². The molecule has 0 amide bonds. The third-order valence-corrected chi connectivity index (χ3v) is 2.18. The predicted molar refractivity (Wildman–Crippen MR) is 53.0 cm³/mol. The Hall–Kier alpha value is -1.02. The lowest BCUT2D eigenvalue weighted by Crippen LogP contribution is -2.02. The summed E-state index contributed by atoms with van der Waals surface area (Å²) in [6, 6.07) is 3.70. The van der Waals surface area contributed by atoms with E-state index in [1.54, 1.807) is 6.07 Å². The Morgan fingerprint density at radius 3 is 2.42 bits per heavy atom. The molecular weight excluding hydrogens is 172 g/mol. The maximum absolute atomic E-state index is 7.30. The molecule has 1 aromatic carbocycles. The van der Waals surface area contributed by atoms with Crippen LogP contribution in [0.25, 0.3) is 0 Å². The Bertz CT molecular complexity index is 332. The minimum atomic E-state index is 0.00806. The zero-order chi connectivity index (χ0) is 9.30. The van der Waals surface area contributed by atoms with Crippen LogP contribution in [0, 0.1) is 19.3 Å². The quantitative estimate of drug-likeness (QED) is 0.509. The molecule has 0 spiro atoms. The van der Waals surface area contributed by atoms with E-state index in [-0.39, 0.29) is 5.17 Å². The van der Waals surface area contributed by atoms with Gasteiger partial charge in [-0.25, -0.2) is 0 Å². The molecule has 0 atom stereocenters. The van der Waals surface area contributed by atoms with Crippen LogP contribution >= 0.6 is 11.6 Å². The van der Waals surface area contributed by atoms with E-state index in [1.165, 1.54) is 0 Å². The van der Waals surface area contributed by atoms with E-state index in [2.05, 4.69) is 0 Å². The number of aryl methyl sites for hydroxylation is 1. The number of nitrogen functional groups attached to an aromatic ring is 1. The average Bonchev–Trinajstić information content (AvgIpc) is 1.97. The second-order valence-corrected chi connectivity index (χ2v) is 3.16. The van der Waals surface area contributed by atoms with Gasteiger partial charge in [0.05, 0.1) is 0 Å². The van der Waals surface area contributed by atoms with Crippen LogP contribution in [-0.2, 0) is 0 Å². The van der Waals surface area contributed by atoms with Gasteiger partial charge in [0.1, 0.15) is 5.17 Å². The van der Waals surface area contributed by atoms with Crippen molar-refractivity contribution in [3.63, 3.8) is 0 Å². The van der Waals surface area contributed by atoms with Crippen molar-refractivity contribution in [2.45, 2.75) is 13.8 Å². The van der Waals surface area contributed by atoms with Crippen molar-refractivity contribution in [2.75, 3.05) is 5.73 Å². The molecule has 0 radical (unpaired) electrons. The number of nitrogens with one attached hydrogen (secondary N) is 1. The highest BCUT2D eigenvalue weighted by atomic mass is 35.5. The Morgan fingerprint density at radius 2 is 2.00 bits per heavy atom. The van der Waals surface area contributed by atoms with Crippen LogP contribution in [0.3, 0.4) is 0 Å². The highest BCUT2D eigenvalue weighted by Crippen LogP contribution is 2.21. The van der Waals surface area contributed by atoms with Crippen LogP contribution < -0.4 is 5.73 Å². The third-order valence-electron chi connectivity index (χ3n) is 1.99. The van der Waals surface area contributed by atoms with E-state index in [0.717, 1.165) is 11.1 Å². The van der Waals surface area contributed by atoms with Crippen LogP contribution in [0.4, 0.5) is 5.69 Å². The third kappa shape index (κ3) is 1.43. The van der Waals surface area contributed by atoms with Crippen molar-refractivity contribution in [1.82, 2.24) is 0 Å². The van der Waals surface area contributed by atoms with E-state index in [4.69, 9.17) is 22.7 Å². The maximum Gasteiger partial charge on any atom is 0.130 e. The fourth-order valence-electron chi connectivity index (χ4n) is 1.13. The number of rotatable bonds is 1. The molecule has 3 heteroatoms. The normalized spacial score (nSPS) is 9.92. The second kappa shape index (κ2) is 3.15. The summed E-state index contributed by atoms with van der Waals surface area (Å²) in [4.78, 5) is 0. The maximum atomic E-state index is 7.30. The molecule has 0 aliphatic heterocycles. The summed E-state index contributed by atoms with van der Waals surface area (Å²) in [5, 5.41) is 7.31. The summed E-state index contributed by atoms with van der Waals surface area (Å²) < 4.78 is 0. The standard InChI is InChI=1S/C9H11ClN2/c1-5-3-4-7(11)8(6(5)2)9(10)12/h3-4,12H,11H2,1-2H3. The Kier molecular flexibility index (Phi) is 2.38. The van der Waals surface area contributed by atoms with Gasteiger partial charge in [-0.1, -0.05) is 17.7 Å². The highest BCUT2D eigenvalue weighted by Gasteiger charge is 2.08. The van der Waals surface area contributed by atoms with Crippen LogP contribution in [0.1, 0.15) is 16.7 Å². The first-order valence-corrected chi connectivity index (χ1v) is 4.02. The summed E-state index contributed by atoms with van der Waals surface area (Å²) >= 11 is 5.59. The zero-order valence-electron chi connectivity index (χ0n) is 7.11. The fourth-order valence-corrected chi connectivity index (χ4v) is 1.38. The molecule has 12 heavy (non-hydrogen) atoms. The first-order chi connectivity index (χ1) is 5.54. The van der Waals surface area contributed by atoms with Crippen molar-refractivity contribution < 1.29 is 0 Å². The average molecular weight is 183 g/mol. The van der Waals surface area contributed by atoms with E-state index in [1.807, 2.05) is 19.9 Å². The van der Waals surface area contributed by atoms with Gasteiger partial charge in [-0.2, -0.15) is 0 Å². The van der Waals surface area contributed by atoms with Gasteiger partial charge in [-0.15, -0.1) is 0 Å². The lowest BCUT2D eigenvalue weighted by atomic mass is 10.0. The first kappa shape index (κ1) is 9.07. The Balaban J connectivity index is 3.43. The number of anilines is 1. The number of benzene rings is 1. The topological polar surface area (TPSA) is 49.9 Å². The summed E-state index contributed by atoms with van der Waals surface area (Å²) in [6.07, 6.45) is 0. The zero-order valence-corrected chi connectivity index (χ0v) is 7.87. The Morgan fingerprint density at radius 1 is 1.42 bits per heavy atom. The van der Waals surface area contributed by atoms with Gasteiger partial charge >= 0.3 is 0 Å². The number of hydrogen-bond donors (Lipinski definition) is 2. The largest absolute Gasteiger partial charge is 0.398 e. The number of hydrogen-bond acceptors (Lipinski definition) is 2. The highest BCUT2D eigenvalue weighted by molar-refractivity contribution is 6.69. The van der Waals surface area contributed by atoms with Crippen LogP contribution in [-0.4, -0.2) is 5.17 Å². The SMILES string of the molecule is Cc1ccc(N)c(C(=N)Cl)c1C. The van der Waals surface area contributed by atoms with Crippen molar-refractivity contribution in [2.24, 2.45) is 0 Å². The first-order valence-electron chi connectivity index (χ1n) is 3.64. The molecule has 0 aromatic heterocycles. The van der Waals surface area contributed by atoms with Gasteiger partial charge in [-0.3, -0.25) is 5.41 Å². The smallest absolute Gasteiger partial charge is 0.130 e. The summed E-state index contributed by atoms with van der Waals surface area (Å²) in [5.74, 6) is 0. The molecule has 0 saturated heterocycles. The lowest BCUT2D eigenvalue weighted by Gasteiger charge is -2.08. The van der Waals surface area contributed by atoms with E-state index in [9.17, 15) is 0 Å². The molecule has 1 aromatic rings. The minimum absolute atomic E-state index is 0.00806. The van der Waals surface area contributed by atoms with Crippen molar-refractivity contribution in [1.29, 1.82) is 5.41 Å². The molecule has 0 bridgehead atoms. The van der Waals surface area contributed by atoms with Crippen molar-refractivity contribution in [3.8, 4) is 0 Å². The van der Waals surface area contributed by atoms with Crippen molar-refractivity contribution >= 4 is 22.5 Å². The number of nitrogens with two attached hydrogens (primary N) is 1. The summed E-state index contributed by atoms with van der Waals surface area (Å²) in [5.41, 5.74) is 8.97. The minimum Gasteiger partial charge on any atom is -0.398 e. The molecule has 0 heterocycles. The molecule has 0 aliphatic rings. The van der Waals surface area contributed by atoms with Crippen LogP contribution in [0.2, 0.25) is 0 Å². The monoisotopic (exact) mass is 182 g/mol. The van der Waals surface area contributed by atoms with Gasteiger partial charge in [0, 0.05) is 11.3 Å². The molecule has 0 unspecified atom stereocenters. The molecule has 0 fully saturated rings. The number of halogens is 1. The van der Waals surface area contributed by atoms with Gasteiger partial charge in [0.2, 0.25) is 0 Å². The van der Waals surface area contributed by atoms with Crippen LogP contribution in [0.5, 0.6) is 0 Å². The second-order valence-electron chi connectivity index (χ2n) is 2.79. The molecular formula is C9H11ClN2. The summed E-state index contributed by atoms with van der Waals surface area (Å²) in [6.45, 7) is 3.88. The Labute approximate surface area is 76.9 Å². The molecule has 2 nitrogen and oxygen atoms in total. The molecule has 0 saturated carbocycles. The molecule has 0 aliphatic carbocycles. The van der Waals surface area contributed by atoms with Crippen molar-refractivity contribution in [3.05, 3.63) is 28.8 Å². The van der Waals surface area contributed by atoms with E-state index in [0.29, 0.717) is 11.3 Å². The lowest BCUT2D eigenvalue weighted by molar-refractivity contribution is 1.32. The van der Waals surface area contributed by atoms with Gasteiger partial charge in [0.25, 0.3) is 0 Å². The fraction of sp³-hybridized carbons (Fsp3) is 0.222. The van der Waals surface area contributed by atoms with E-state index < -0.39 is 0 Å².